The fraction of sp³-hybridized carbons (Fsp3) is 0.444. The topological polar surface area (TPSA) is 74.7 Å². The Balaban J connectivity index is 1.84. The third-order valence-electron chi connectivity index (χ3n) is 5.16. The quantitative estimate of drug-likeness (QED) is 0.945. The average molecular weight is 310 g/mol. The molecule has 0 radical (unpaired) electrons. The zero-order chi connectivity index (χ0) is 16.0. The standard InChI is InChI=1S/C18H18N2O3/c19-11-18(5-6-18)16-14(17(21)22)10-20-9-13(1-2-15(16)20)12-3-7-23-8-4-12/h1-2,9-10,12H,3-8H2,(H,21,22). The summed E-state index contributed by atoms with van der Waals surface area (Å²) in [6, 6.07) is 6.38. The Kier molecular flexibility index (Phi) is 3.17. The summed E-state index contributed by atoms with van der Waals surface area (Å²) in [5.74, 6) is -0.504. The predicted octanol–water partition coefficient (Wildman–Crippen LogP) is 3.09. The maximum Gasteiger partial charge on any atom is 0.337 e. The highest BCUT2D eigenvalue weighted by molar-refractivity contribution is 5.94. The first kappa shape index (κ1) is 14.3. The largest absolute Gasteiger partial charge is 0.478 e. The molecule has 4 rings (SSSR count). The van der Waals surface area contributed by atoms with Crippen LogP contribution in [-0.4, -0.2) is 28.7 Å². The molecule has 0 unspecified atom stereocenters. The fourth-order valence-electron chi connectivity index (χ4n) is 3.68. The number of hydrogen-bond acceptors (Lipinski definition) is 3. The van der Waals surface area contributed by atoms with E-state index in [0.29, 0.717) is 11.5 Å². The molecule has 2 aromatic rings. The number of carboxylic acid groups (broad SMARTS) is 1. The molecule has 1 N–H and O–H groups in total. The number of ether oxygens (including phenoxy) is 1. The first-order valence-corrected chi connectivity index (χ1v) is 8.02. The minimum Gasteiger partial charge on any atom is -0.478 e. The molecule has 1 aliphatic heterocycles. The molecular weight excluding hydrogens is 292 g/mol. The lowest BCUT2D eigenvalue weighted by Crippen LogP contribution is -2.14. The molecule has 5 heteroatoms. The van der Waals surface area contributed by atoms with Crippen molar-refractivity contribution in [2.45, 2.75) is 37.0 Å². The van der Waals surface area contributed by atoms with Gasteiger partial charge in [0.1, 0.15) is 0 Å². The minimum atomic E-state index is -0.960. The number of rotatable bonds is 3. The van der Waals surface area contributed by atoms with E-state index in [9.17, 15) is 15.2 Å². The number of fused-ring (bicyclic) bond motifs is 1. The number of carboxylic acids is 1. The number of hydrogen-bond donors (Lipinski definition) is 1. The maximum atomic E-state index is 11.6. The zero-order valence-electron chi connectivity index (χ0n) is 12.8. The van der Waals surface area contributed by atoms with Gasteiger partial charge in [0.15, 0.2) is 0 Å². The van der Waals surface area contributed by atoms with Gasteiger partial charge in [-0.2, -0.15) is 5.26 Å². The summed E-state index contributed by atoms with van der Waals surface area (Å²) >= 11 is 0. The zero-order valence-corrected chi connectivity index (χ0v) is 12.8. The molecule has 0 atom stereocenters. The first-order valence-electron chi connectivity index (χ1n) is 8.02. The Bertz CT molecular complexity index is 821. The summed E-state index contributed by atoms with van der Waals surface area (Å²) in [7, 11) is 0. The van der Waals surface area contributed by atoms with Gasteiger partial charge in [-0.3, -0.25) is 0 Å². The molecule has 0 bridgehead atoms. The van der Waals surface area contributed by atoms with Crippen LogP contribution in [0.5, 0.6) is 0 Å². The van der Waals surface area contributed by atoms with Crippen LogP contribution in [0.3, 0.4) is 0 Å². The Labute approximate surface area is 134 Å². The molecule has 2 fully saturated rings. The lowest BCUT2D eigenvalue weighted by atomic mass is 9.92. The highest BCUT2D eigenvalue weighted by atomic mass is 16.5. The first-order chi connectivity index (χ1) is 11.1. The average Bonchev–Trinajstić information content (AvgIpc) is 3.28. The van der Waals surface area contributed by atoms with Crippen molar-refractivity contribution in [2.24, 2.45) is 0 Å². The summed E-state index contributed by atoms with van der Waals surface area (Å²) in [6.07, 6.45) is 7.15. The van der Waals surface area contributed by atoms with Crippen molar-refractivity contribution in [1.29, 1.82) is 5.26 Å². The smallest absolute Gasteiger partial charge is 0.337 e. The molecule has 5 nitrogen and oxygen atoms in total. The molecule has 2 aromatic heterocycles. The summed E-state index contributed by atoms with van der Waals surface area (Å²) in [4.78, 5) is 11.6. The van der Waals surface area contributed by atoms with Crippen molar-refractivity contribution in [2.75, 3.05) is 13.2 Å². The van der Waals surface area contributed by atoms with E-state index in [1.165, 1.54) is 5.56 Å². The second kappa shape index (κ2) is 5.10. The third-order valence-corrected chi connectivity index (χ3v) is 5.16. The van der Waals surface area contributed by atoms with Crippen LogP contribution in [0, 0.1) is 11.3 Å². The van der Waals surface area contributed by atoms with Crippen molar-refractivity contribution in [1.82, 2.24) is 4.40 Å². The Morgan fingerprint density at radius 2 is 2.04 bits per heavy atom. The number of pyridine rings is 1. The summed E-state index contributed by atoms with van der Waals surface area (Å²) < 4.78 is 7.30. The van der Waals surface area contributed by atoms with Gasteiger partial charge in [0.25, 0.3) is 0 Å². The van der Waals surface area contributed by atoms with Crippen LogP contribution in [-0.2, 0) is 10.2 Å². The molecule has 0 spiro atoms. The van der Waals surface area contributed by atoms with Gasteiger partial charge in [-0.05, 0) is 43.2 Å². The maximum absolute atomic E-state index is 11.6. The van der Waals surface area contributed by atoms with Gasteiger partial charge in [-0.25, -0.2) is 4.79 Å². The molecule has 118 valence electrons. The van der Waals surface area contributed by atoms with Crippen molar-refractivity contribution in [3.05, 3.63) is 41.2 Å². The van der Waals surface area contributed by atoms with Crippen LogP contribution in [0.4, 0.5) is 0 Å². The number of aromatic nitrogens is 1. The summed E-state index contributed by atoms with van der Waals surface area (Å²) in [5.41, 5.74) is 2.39. The van der Waals surface area contributed by atoms with Crippen molar-refractivity contribution >= 4 is 11.5 Å². The monoisotopic (exact) mass is 310 g/mol. The van der Waals surface area contributed by atoms with E-state index in [1.54, 1.807) is 6.20 Å². The van der Waals surface area contributed by atoms with E-state index < -0.39 is 11.4 Å². The molecule has 2 aliphatic rings. The molecule has 23 heavy (non-hydrogen) atoms. The number of nitrogens with zero attached hydrogens (tertiary/aromatic N) is 2. The van der Waals surface area contributed by atoms with Crippen LogP contribution in [0.25, 0.3) is 5.52 Å². The van der Waals surface area contributed by atoms with E-state index in [1.807, 2.05) is 16.7 Å². The van der Waals surface area contributed by atoms with Gasteiger partial charge >= 0.3 is 5.97 Å². The van der Waals surface area contributed by atoms with Gasteiger partial charge in [-0.1, -0.05) is 6.07 Å². The molecule has 1 aliphatic carbocycles. The van der Waals surface area contributed by atoms with E-state index in [0.717, 1.165) is 44.4 Å². The number of aromatic carboxylic acids is 1. The Hall–Kier alpha value is -2.32. The predicted molar refractivity (Wildman–Crippen MR) is 83.7 cm³/mol. The van der Waals surface area contributed by atoms with Gasteiger partial charge in [0, 0.05) is 31.2 Å². The van der Waals surface area contributed by atoms with Crippen molar-refractivity contribution < 1.29 is 14.6 Å². The normalized spacial score (nSPS) is 20.3. The fourth-order valence-corrected chi connectivity index (χ4v) is 3.68. The van der Waals surface area contributed by atoms with Gasteiger partial charge < -0.3 is 14.2 Å². The van der Waals surface area contributed by atoms with Crippen LogP contribution in [0.15, 0.2) is 24.5 Å². The van der Waals surface area contributed by atoms with Crippen molar-refractivity contribution in [3.63, 3.8) is 0 Å². The molecule has 0 aromatic carbocycles. The van der Waals surface area contributed by atoms with Gasteiger partial charge in [0.2, 0.25) is 0 Å². The highest BCUT2D eigenvalue weighted by Crippen LogP contribution is 2.51. The number of carbonyl (C=O) groups is 1. The molecule has 1 saturated carbocycles. The van der Waals surface area contributed by atoms with Crippen LogP contribution < -0.4 is 0 Å². The summed E-state index contributed by atoms with van der Waals surface area (Å²) in [5, 5.41) is 19.0. The number of nitriles is 1. The van der Waals surface area contributed by atoms with Crippen LogP contribution >= 0.6 is 0 Å². The second-order valence-electron chi connectivity index (χ2n) is 6.56. The van der Waals surface area contributed by atoms with Crippen LogP contribution in [0.1, 0.15) is 53.1 Å². The Morgan fingerprint density at radius 3 is 2.65 bits per heavy atom. The molecule has 1 saturated heterocycles. The van der Waals surface area contributed by atoms with E-state index in [-0.39, 0.29) is 5.56 Å². The SMILES string of the molecule is N#CC1(c2c(C(=O)O)cn3cc(C4CCOCC4)ccc23)CC1. The van der Waals surface area contributed by atoms with Gasteiger partial charge in [0.05, 0.1) is 22.6 Å². The lowest BCUT2D eigenvalue weighted by molar-refractivity contribution is 0.0695. The molecule has 0 amide bonds. The minimum absolute atomic E-state index is 0.258. The van der Waals surface area contributed by atoms with E-state index in [2.05, 4.69) is 12.1 Å². The highest BCUT2D eigenvalue weighted by Gasteiger charge is 2.49. The van der Waals surface area contributed by atoms with Crippen LogP contribution in [0.2, 0.25) is 0 Å². The van der Waals surface area contributed by atoms with Crippen molar-refractivity contribution in [3.8, 4) is 6.07 Å². The second-order valence-corrected chi connectivity index (χ2v) is 6.56. The molecule has 3 heterocycles. The third kappa shape index (κ3) is 2.22. The molecular formula is C18H18N2O3. The van der Waals surface area contributed by atoms with E-state index >= 15 is 0 Å². The Morgan fingerprint density at radius 1 is 1.30 bits per heavy atom. The lowest BCUT2D eigenvalue weighted by Gasteiger charge is -2.22. The van der Waals surface area contributed by atoms with E-state index in [4.69, 9.17) is 4.74 Å². The van der Waals surface area contributed by atoms with Gasteiger partial charge in [-0.15, -0.1) is 0 Å². The summed E-state index contributed by atoms with van der Waals surface area (Å²) in [6.45, 7) is 1.55.